The standard InChI is InChI=1S/C12H25NO2/c1-11-9-13(10-12(2)15-11)7-5-3-4-6-8-14/h11-12,14H,3-10H2,1-2H3/t11-,12+. The molecule has 0 amide bonds. The van der Waals surface area contributed by atoms with Gasteiger partial charge in [-0.1, -0.05) is 12.8 Å². The maximum absolute atomic E-state index is 8.66. The highest BCUT2D eigenvalue weighted by Gasteiger charge is 2.21. The molecule has 0 spiro atoms. The molecule has 0 aromatic carbocycles. The molecule has 0 unspecified atom stereocenters. The Morgan fingerprint density at radius 3 is 2.27 bits per heavy atom. The fourth-order valence-electron chi connectivity index (χ4n) is 2.27. The Balaban J connectivity index is 2.04. The van der Waals surface area contributed by atoms with Crippen molar-refractivity contribution in [3.63, 3.8) is 0 Å². The minimum Gasteiger partial charge on any atom is -0.396 e. The first-order valence-corrected chi connectivity index (χ1v) is 6.21. The zero-order valence-corrected chi connectivity index (χ0v) is 10.1. The van der Waals surface area contributed by atoms with Crippen LogP contribution in [-0.4, -0.2) is 48.5 Å². The van der Waals surface area contributed by atoms with E-state index in [0.29, 0.717) is 18.8 Å². The molecule has 1 aliphatic heterocycles. The number of unbranched alkanes of at least 4 members (excludes halogenated alkanes) is 3. The van der Waals surface area contributed by atoms with Crippen molar-refractivity contribution in [2.24, 2.45) is 0 Å². The van der Waals surface area contributed by atoms with Crippen LogP contribution in [0.1, 0.15) is 39.5 Å². The highest BCUT2D eigenvalue weighted by atomic mass is 16.5. The van der Waals surface area contributed by atoms with Crippen LogP contribution in [0.4, 0.5) is 0 Å². The van der Waals surface area contributed by atoms with Crippen molar-refractivity contribution in [2.45, 2.75) is 51.7 Å². The molecule has 90 valence electrons. The summed E-state index contributed by atoms with van der Waals surface area (Å²) in [5.74, 6) is 0. The fraction of sp³-hybridized carbons (Fsp3) is 1.00. The summed E-state index contributed by atoms with van der Waals surface area (Å²) in [4.78, 5) is 2.50. The summed E-state index contributed by atoms with van der Waals surface area (Å²) in [5, 5.41) is 8.66. The summed E-state index contributed by atoms with van der Waals surface area (Å²) < 4.78 is 5.69. The molecule has 0 aromatic rings. The number of hydrogen-bond acceptors (Lipinski definition) is 3. The second-order valence-corrected chi connectivity index (χ2v) is 4.65. The lowest BCUT2D eigenvalue weighted by atomic mass is 10.1. The molecule has 1 rings (SSSR count). The molecule has 0 aromatic heterocycles. The molecule has 0 aliphatic carbocycles. The molecule has 1 N–H and O–H groups in total. The predicted molar refractivity (Wildman–Crippen MR) is 62.0 cm³/mol. The van der Waals surface area contributed by atoms with E-state index in [1.807, 2.05) is 0 Å². The van der Waals surface area contributed by atoms with Gasteiger partial charge in [0.05, 0.1) is 12.2 Å². The molecular formula is C12H25NO2. The second-order valence-electron chi connectivity index (χ2n) is 4.65. The summed E-state index contributed by atoms with van der Waals surface area (Å²) in [6.45, 7) is 7.96. The first-order valence-electron chi connectivity index (χ1n) is 6.21. The van der Waals surface area contributed by atoms with Crippen molar-refractivity contribution >= 4 is 0 Å². The van der Waals surface area contributed by atoms with E-state index in [-0.39, 0.29) is 0 Å². The number of nitrogens with zero attached hydrogens (tertiary/aromatic N) is 1. The first-order chi connectivity index (χ1) is 7.22. The van der Waals surface area contributed by atoms with Crippen molar-refractivity contribution in [1.82, 2.24) is 4.90 Å². The van der Waals surface area contributed by atoms with Gasteiger partial charge in [0, 0.05) is 19.7 Å². The van der Waals surface area contributed by atoms with Gasteiger partial charge in [-0.05, 0) is 33.2 Å². The van der Waals surface area contributed by atoms with Crippen LogP contribution >= 0.6 is 0 Å². The van der Waals surface area contributed by atoms with E-state index in [4.69, 9.17) is 9.84 Å². The van der Waals surface area contributed by atoms with Crippen LogP contribution in [0.15, 0.2) is 0 Å². The number of ether oxygens (including phenoxy) is 1. The molecular weight excluding hydrogens is 190 g/mol. The van der Waals surface area contributed by atoms with Gasteiger partial charge in [0.25, 0.3) is 0 Å². The third-order valence-corrected chi connectivity index (χ3v) is 2.88. The highest BCUT2D eigenvalue weighted by Crippen LogP contribution is 2.11. The van der Waals surface area contributed by atoms with Crippen molar-refractivity contribution in [3.05, 3.63) is 0 Å². The van der Waals surface area contributed by atoms with Crippen molar-refractivity contribution in [3.8, 4) is 0 Å². The zero-order chi connectivity index (χ0) is 11.1. The number of hydrogen-bond donors (Lipinski definition) is 1. The Morgan fingerprint density at radius 1 is 1.07 bits per heavy atom. The van der Waals surface area contributed by atoms with Crippen molar-refractivity contribution < 1.29 is 9.84 Å². The van der Waals surface area contributed by atoms with Crippen LogP contribution in [0.3, 0.4) is 0 Å². The van der Waals surface area contributed by atoms with E-state index in [0.717, 1.165) is 25.9 Å². The van der Waals surface area contributed by atoms with Gasteiger partial charge < -0.3 is 9.84 Å². The molecule has 1 aliphatic rings. The lowest BCUT2D eigenvalue weighted by Gasteiger charge is -2.35. The van der Waals surface area contributed by atoms with Crippen molar-refractivity contribution in [2.75, 3.05) is 26.2 Å². The van der Waals surface area contributed by atoms with Gasteiger partial charge >= 0.3 is 0 Å². The third-order valence-electron chi connectivity index (χ3n) is 2.88. The van der Waals surface area contributed by atoms with Crippen LogP contribution in [-0.2, 0) is 4.74 Å². The summed E-state index contributed by atoms with van der Waals surface area (Å²) in [6, 6.07) is 0. The molecule has 0 saturated carbocycles. The molecule has 0 radical (unpaired) electrons. The first kappa shape index (κ1) is 12.9. The smallest absolute Gasteiger partial charge is 0.0678 e. The third kappa shape index (κ3) is 5.50. The van der Waals surface area contributed by atoms with Gasteiger partial charge in [0.1, 0.15) is 0 Å². The van der Waals surface area contributed by atoms with Gasteiger partial charge in [-0.15, -0.1) is 0 Å². The molecule has 1 saturated heterocycles. The van der Waals surface area contributed by atoms with E-state index < -0.39 is 0 Å². The molecule has 0 bridgehead atoms. The Morgan fingerprint density at radius 2 is 1.67 bits per heavy atom. The van der Waals surface area contributed by atoms with E-state index >= 15 is 0 Å². The normalized spacial score (nSPS) is 28.2. The van der Waals surface area contributed by atoms with Crippen LogP contribution in [0.2, 0.25) is 0 Å². The summed E-state index contributed by atoms with van der Waals surface area (Å²) in [6.07, 6.45) is 5.36. The zero-order valence-electron chi connectivity index (χ0n) is 10.1. The SMILES string of the molecule is C[C@@H]1CN(CCCCCCO)C[C@H](C)O1. The summed E-state index contributed by atoms with van der Waals surface area (Å²) in [7, 11) is 0. The van der Waals surface area contributed by atoms with E-state index in [2.05, 4.69) is 18.7 Å². The maximum Gasteiger partial charge on any atom is 0.0678 e. The predicted octanol–water partition coefficient (Wildman–Crippen LogP) is 1.65. The van der Waals surface area contributed by atoms with E-state index in [1.54, 1.807) is 0 Å². The van der Waals surface area contributed by atoms with Crippen LogP contribution in [0.25, 0.3) is 0 Å². The quantitative estimate of drug-likeness (QED) is 0.684. The number of rotatable bonds is 6. The average Bonchev–Trinajstić information content (AvgIpc) is 2.16. The Bertz CT molecular complexity index is 154. The minimum atomic E-state index is 0.339. The molecule has 3 heteroatoms. The molecule has 2 atom stereocenters. The molecule has 3 nitrogen and oxygen atoms in total. The lowest BCUT2D eigenvalue weighted by Crippen LogP contribution is -2.45. The van der Waals surface area contributed by atoms with E-state index in [1.165, 1.54) is 19.4 Å². The van der Waals surface area contributed by atoms with Gasteiger partial charge in [-0.3, -0.25) is 4.90 Å². The second kappa shape index (κ2) is 7.20. The average molecular weight is 215 g/mol. The lowest BCUT2D eigenvalue weighted by molar-refractivity contribution is -0.0681. The van der Waals surface area contributed by atoms with Crippen molar-refractivity contribution in [1.29, 1.82) is 0 Å². The van der Waals surface area contributed by atoms with Gasteiger partial charge in [0.2, 0.25) is 0 Å². The molecule has 15 heavy (non-hydrogen) atoms. The van der Waals surface area contributed by atoms with Crippen LogP contribution < -0.4 is 0 Å². The van der Waals surface area contributed by atoms with Crippen LogP contribution in [0, 0.1) is 0 Å². The van der Waals surface area contributed by atoms with Crippen LogP contribution in [0.5, 0.6) is 0 Å². The number of aliphatic hydroxyl groups is 1. The number of morpholine rings is 1. The summed E-state index contributed by atoms with van der Waals surface area (Å²) in [5.41, 5.74) is 0. The number of aliphatic hydroxyl groups excluding tert-OH is 1. The topological polar surface area (TPSA) is 32.7 Å². The minimum absolute atomic E-state index is 0.339. The largest absolute Gasteiger partial charge is 0.396 e. The molecule has 1 heterocycles. The van der Waals surface area contributed by atoms with Gasteiger partial charge in [-0.2, -0.15) is 0 Å². The summed E-state index contributed by atoms with van der Waals surface area (Å²) >= 11 is 0. The maximum atomic E-state index is 8.66. The molecule has 1 fully saturated rings. The monoisotopic (exact) mass is 215 g/mol. The fourth-order valence-corrected chi connectivity index (χ4v) is 2.27. The van der Waals surface area contributed by atoms with E-state index in [9.17, 15) is 0 Å². The Hall–Kier alpha value is -0.120. The van der Waals surface area contributed by atoms with Gasteiger partial charge in [0.15, 0.2) is 0 Å². The van der Waals surface area contributed by atoms with Gasteiger partial charge in [-0.25, -0.2) is 0 Å². The Kier molecular flexibility index (Phi) is 6.22. The highest BCUT2D eigenvalue weighted by molar-refractivity contribution is 4.72. The Labute approximate surface area is 93.4 Å².